The monoisotopic (exact) mass is 568 g/mol. The van der Waals surface area contributed by atoms with Gasteiger partial charge in [-0.3, -0.25) is 9.36 Å². The molecule has 5 rings (SSSR count). The number of ether oxygens (including phenoxy) is 3. The van der Waals surface area contributed by atoms with Gasteiger partial charge in [-0.2, -0.15) is 0 Å². The third-order valence-corrected chi connectivity index (χ3v) is 7.57. The lowest BCUT2D eigenvalue weighted by Gasteiger charge is -2.24. The number of aromatic nitrogens is 1. The molecule has 2 heterocycles. The molecule has 0 fully saturated rings. The highest BCUT2D eigenvalue weighted by Gasteiger charge is 2.33. The largest absolute Gasteiger partial charge is 0.497 e. The van der Waals surface area contributed by atoms with Crippen molar-refractivity contribution in [2.45, 2.75) is 26.8 Å². The van der Waals surface area contributed by atoms with E-state index in [2.05, 4.69) is 4.99 Å². The Labute approximate surface area is 240 Å². The summed E-state index contributed by atoms with van der Waals surface area (Å²) in [5.41, 5.74) is 3.45. The van der Waals surface area contributed by atoms with E-state index in [0.29, 0.717) is 37.7 Å². The normalized spacial score (nSPS) is 14.7. The lowest BCUT2D eigenvalue weighted by Crippen LogP contribution is -2.39. The molecule has 0 saturated carbocycles. The summed E-state index contributed by atoms with van der Waals surface area (Å²) in [4.78, 5) is 44.4. The summed E-state index contributed by atoms with van der Waals surface area (Å²) >= 11 is 1.24. The van der Waals surface area contributed by atoms with E-state index < -0.39 is 18.0 Å². The van der Waals surface area contributed by atoms with Crippen LogP contribution >= 0.6 is 11.3 Å². The second-order valence-electron chi connectivity index (χ2n) is 9.40. The maximum Gasteiger partial charge on any atom is 0.343 e. The third-order valence-electron chi connectivity index (χ3n) is 6.59. The van der Waals surface area contributed by atoms with Crippen LogP contribution in [0.15, 0.2) is 93.9 Å². The molecular formula is C32H28N2O6S. The van der Waals surface area contributed by atoms with Crippen LogP contribution in [0.1, 0.15) is 46.9 Å². The smallest absolute Gasteiger partial charge is 0.343 e. The van der Waals surface area contributed by atoms with Gasteiger partial charge < -0.3 is 14.2 Å². The van der Waals surface area contributed by atoms with E-state index in [0.717, 1.165) is 16.7 Å². The van der Waals surface area contributed by atoms with Gasteiger partial charge in [0.25, 0.3) is 5.56 Å². The molecule has 1 aliphatic heterocycles. The van der Waals surface area contributed by atoms with Crippen LogP contribution in [0.5, 0.6) is 11.5 Å². The lowest BCUT2D eigenvalue weighted by atomic mass is 9.96. The molecule has 1 aliphatic rings. The Morgan fingerprint density at radius 3 is 2.34 bits per heavy atom. The van der Waals surface area contributed by atoms with Crippen molar-refractivity contribution >= 4 is 29.4 Å². The molecule has 208 valence electrons. The molecule has 0 amide bonds. The molecule has 3 aromatic carbocycles. The standard InChI is InChI=1S/C32H28N2O6S/c1-5-39-31(37)27-20(3)33-32-34(28(27)22-11-15-24(38-4)16-12-22)29(35)26(41-32)18-21-9-13-25(14-10-21)40-30(36)23-8-6-7-19(2)17-23/h6-18,28H,5H2,1-4H3/t28-/m1/s1. The molecule has 41 heavy (non-hydrogen) atoms. The molecule has 0 radical (unpaired) electrons. The average Bonchev–Trinajstić information content (AvgIpc) is 3.27. The predicted molar refractivity (Wildman–Crippen MR) is 156 cm³/mol. The van der Waals surface area contributed by atoms with Crippen molar-refractivity contribution in [2.75, 3.05) is 13.7 Å². The minimum atomic E-state index is -0.707. The summed E-state index contributed by atoms with van der Waals surface area (Å²) in [6, 6.07) is 20.6. The van der Waals surface area contributed by atoms with E-state index in [1.807, 2.05) is 25.1 Å². The van der Waals surface area contributed by atoms with E-state index in [9.17, 15) is 14.4 Å². The van der Waals surface area contributed by atoms with Crippen LogP contribution in [0.4, 0.5) is 0 Å². The van der Waals surface area contributed by atoms with Gasteiger partial charge in [-0.25, -0.2) is 14.6 Å². The van der Waals surface area contributed by atoms with Gasteiger partial charge in [0.2, 0.25) is 0 Å². The molecule has 0 aliphatic carbocycles. The number of fused-ring (bicyclic) bond motifs is 1. The van der Waals surface area contributed by atoms with E-state index in [1.165, 1.54) is 15.9 Å². The molecule has 0 N–H and O–H groups in total. The van der Waals surface area contributed by atoms with Gasteiger partial charge in [-0.1, -0.05) is 53.3 Å². The second-order valence-corrected chi connectivity index (χ2v) is 10.4. The molecule has 0 unspecified atom stereocenters. The first-order valence-corrected chi connectivity index (χ1v) is 13.8. The minimum absolute atomic E-state index is 0.200. The van der Waals surface area contributed by atoms with Crippen molar-refractivity contribution in [1.82, 2.24) is 4.57 Å². The number of carbonyl (C=O) groups excluding carboxylic acids is 2. The number of aryl methyl sites for hydroxylation is 1. The summed E-state index contributed by atoms with van der Waals surface area (Å²) < 4.78 is 18.1. The van der Waals surface area contributed by atoms with Crippen LogP contribution in [0.3, 0.4) is 0 Å². The summed E-state index contributed by atoms with van der Waals surface area (Å²) in [6.07, 6.45) is 1.75. The van der Waals surface area contributed by atoms with Crippen LogP contribution in [0.2, 0.25) is 0 Å². The highest BCUT2D eigenvalue weighted by molar-refractivity contribution is 7.07. The lowest BCUT2D eigenvalue weighted by molar-refractivity contribution is -0.139. The third kappa shape index (κ3) is 5.76. The van der Waals surface area contributed by atoms with Crippen molar-refractivity contribution in [3.05, 3.63) is 126 Å². The zero-order valence-corrected chi connectivity index (χ0v) is 23.9. The number of allylic oxidation sites excluding steroid dienone is 1. The Kier molecular flexibility index (Phi) is 7.98. The summed E-state index contributed by atoms with van der Waals surface area (Å²) in [7, 11) is 1.58. The van der Waals surface area contributed by atoms with Crippen LogP contribution < -0.4 is 24.4 Å². The SMILES string of the molecule is CCOC(=O)C1=C(C)N=c2sc(=Cc3ccc(OC(=O)c4cccc(C)c4)cc3)c(=O)n2[C@@H]1c1ccc(OC)cc1. The number of esters is 2. The van der Waals surface area contributed by atoms with Gasteiger partial charge >= 0.3 is 11.9 Å². The molecule has 0 bridgehead atoms. The van der Waals surface area contributed by atoms with Crippen LogP contribution in [-0.4, -0.2) is 30.2 Å². The quantitative estimate of drug-likeness (QED) is 0.243. The molecule has 1 atom stereocenters. The summed E-state index contributed by atoms with van der Waals surface area (Å²) in [5.74, 6) is 0.0950. The molecule has 4 aromatic rings. The Morgan fingerprint density at radius 1 is 0.976 bits per heavy atom. The number of carbonyl (C=O) groups is 2. The van der Waals surface area contributed by atoms with Gasteiger partial charge in [0.05, 0.1) is 41.1 Å². The fourth-order valence-corrected chi connectivity index (χ4v) is 5.66. The van der Waals surface area contributed by atoms with Gasteiger partial charge in [-0.05, 0) is 74.4 Å². The Morgan fingerprint density at radius 2 is 1.68 bits per heavy atom. The van der Waals surface area contributed by atoms with Crippen molar-refractivity contribution in [1.29, 1.82) is 0 Å². The Hall–Kier alpha value is -4.76. The number of nitrogens with zero attached hydrogens (tertiary/aromatic N) is 2. The zero-order chi connectivity index (χ0) is 29.1. The maximum absolute atomic E-state index is 13.8. The van der Waals surface area contributed by atoms with Crippen LogP contribution in [0, 0.1) is 6.92 Å². The Balaban J connectivity index is 1.50. The number of benzene rings is 3. The average molecular weight is 569 g/mol. The highest BCUT2D eigenvalue weighted by Crippen LogP contribution is 2.31. The van der Waals surface area contributed by atoms with E-state index >= 15 is 0 Å². The van der Waals surface area contributed by atoms with E-state index in [1.54, 1.807) is 81.6 Å². The number of thiazole rings is 1. The van der Waals surface area contributed by atoms with Gasteiger partial charge in [0, 0.05) is 0 Å². The number of methoxy groups -OCH3 is 1. The number of hydrogen-bond donors (Lipinski definition) is 0. The van der Waals surface area contributed by atoms with Gasteiger partial charge in [0.1, 0.15) is 11.5 Å². The summed E-state index contributed by atoms with van der Waals surface area (Å²) in [5, 5.41) is 0. The first-order valence-electron chi connectivity index (χ1n) is 13.0. The van der Waals surface area contributed by atoms with E-state index in [-0.39, 0.29) is 12.2 Å². The van der Waals surface area contributed by atoms with Crippen molar-refractivity contribution in [3.63, 3.8) is 0 Å². The molecule has 0 saturated heterocycles. The summed E-state index contributed by atoms with van der Waals surface area (Å²) in [6.45, 7) is 5.59. The maximum atomic E-state index is 13.8. The van der Waals surface area contributed by atoms with Crippen molar-refractivity contribution in [2.24, 2.45) is 4.99 Å². The highest BCUT2D eigenvalue weighted by atomic mass is 32.1. The van der Waals surface area contributed by atoms with Gasteiger partial charge in [0.15, 0.2) is 4.80 Å². The molecule has 9 heteroatoms. The molecule has 1 aromatic heterocycles. The van der Waals surface area contributed by atoms with Crippen LogP contribution in [-0.2, 0) is 9.53 Å². The molecule has 0 spiro atoms. The van der Waals surface area contributed by atoms with Crippen molar-refractivity contribution < 1.29 is 23.8 Å². The second kappa shape index (κ2) is 11.8. The predicted octanol–water partition coefficient (Wildman–Crippen LogP) is 4.33. The van der Waals surface area contributed by atoms with Crippen LogP contribution in [0.25, 0.3) is 6.08 Å². The fraction of sp³-hybridized carbons (Fsp3) is 0.188. The molecular weight excluding hydrogens is 540 g/mol. The minimum Gasteiger partial charge on any atom is -0.497 e. The Bertz CT molecular complexity index is 1830. The number of rotatable bonds is 7. The first-order chi connectivity index (χ1) is 19.8. The van der Waals surface area contributed by atoms with Crippen molar-refractivity contribution in [3.8, 4) is 11.5 Å². The molecule has 8 nitrogen and oxygen atoms in total. The topological polar surface area (TPSA) is 96.2 Å². The van der Waals surface area contributed by atoms with Gasteiger partial charge in [-0.15, -0.1) is 0 Å². The first kappa shape index (κ1) is 27.8. The van der Waals surface area contributed by atoms with E-state index in [4.69, 9.17) is 14.2 Å². The number of hydrogen-bond acceptors (Lipinski definition) is 8. The zero-order valence-electron chi connectivity index (χ0n) is 23.0. The fourth-order valence-electron chi connectivity index (χ4n) is 4.61.